The molecule has 2 aliphatic heterocycles. The lowest BCUT2D eigenvalue weighted by Crippen LogP contribution is -2.19. The van der Waals surface area contributed by atoms with Crippen molar-refractivity contribution in [3.63, 3.8) is 0 Å². The molecule has 94 valence electrons. The number of Topliss-reactive ketones (excluding diaryl/α,β-unsaturated/α-hetero) is 1. The Kier molecular flexibility index (Phi) is 3.92. The van der Waals surface area contributed by atoms with E-state index < -0.39 is 0 Å². The molecule has 0 spiro atoms. The van der Waals surface area contributed by atoms with Crippen LogP contribution in [0.4, 0.5) is 0 Å². The van der Waals surface area contributed by atoms with Crippen molar-refractivity contribution in [2.75, 3.05) is 13.1 Å². The van der Waals surface area contributed by atoms with Gasteiger partial charge in [-0.25, -0.2) is 0 Å². The highest BCUT2D eigenvalue weighted by molar-refractivity contribution is 8.93. The summed E-state index contributed by atoms with van der Waals surface area (Å²) < 4.78 is 0. The molecule has 0 atom stereocenters. The Hall–Kier alpha value is -1.07. The number of amidine groups is 1. The lowest BCUT2D eigenvalue weighted by molar-refractivity contribution is 0.104. The normalized spacial score (nSPS) is 17.4. The van der Waals surface area contributed by atoms with Gasteiger partial charge in [-0.3, -0.25) is 9.79 Å². The van der Waals surface area contributed by atoms with E-state index in [0.29, 0.717) is 0 Å². The molecule has 0 saturated carbocycles. The predicted octanol–water partition coefficient (Wildman–Crippen LogP) is 3.10. The smallest absolute Gasteiger partial charge is 0.201 e. The van der Waals surface area contributed by atoms with Crippen LogP contribution in [0.2, 0.25) is 0 Å². The van der Waals surface area contributed by atoms with Crippen molar-refractivity contribution in [2.24, 2.45) is 4.99 Å². The minimum Gasteiger partial charge on any atom is -0.322 e. The van der Waals surface area contributed by atoms with Gasteiger partial charge in [0, 0.05) is 17.8 Å². The summed E-state index contributed by atoms with van der Waals surface area (Å²) in [6.45, 7) is 3.74. The summed E-state index contributed by atoms with van der Waals surface area (Å²) in [5, 5.41) is 0.974. The number of rotatable bonds is 2. The number of fused-ring (bicyclic) bond motifs is 1. The average molecular weight is 325 g/mol. The van der Waals surface area contributed by atoms with Crippen molar-refractivity contribution in [1.82, 2.24) is 4.90 Å². The van der Waals surface area contributed by atoms with E-state index in [0.717, 1.165) is 34.4 Å². The number of hydrogen-bond acceptors (Lipinski definition) is 4. The highest BCUT2D eigenvalue weighted by Gasteiger charge is 2.33. The summed E-state index contributed by atoms with van der Waals surface area (Å²) in [5.74, 6) is 0.102. The average Bonchev–Trinajstić information content (AvgIpc) is 2.93. The molecule has 0 aliphatic carbocycles. The van der Waals surface area contributed by atoms with Crippen molar-refractivity contribution in [3.05, 3.63) is 46.5 Å². The second kappa shape index (κ2) is 5.28. The van der Waals surface area contributed by atoms with Crippen molar-refractivity contribution >= 4 is 39.7 Å². The fourth-order valence-electron chi connectivity index (χ4n) is 2.04. The highest BCUT2D eigenvalue weighted by Crippen LogP contribution is 2.37. The zero-order chi connectivity index (χ0) is 11.8. The van der Waals surface area contributed by atoms with E-state index in [-0.39, 0.29) is 22.8 Å². The summed E-state index contributed by atoms with van der Waals surface area (Å²) in [7, 11) is 0. The molecule has 1 aromatic carbocycles. The third-order valence-electron chi connectivity index (χ3n) is 2.97. The number of carbonyl (C=O) groups excluding carboxylic acids is 1. The summed E-state index contributed by atoms with van der Waals surface area (Å²) >= 11 is 1.50. The molecule has 3 rings (SSSR count). The first kappa shape index (κ1) is 13.4. The quantitative estimate of drug-likeness (QED) is 0.784. The van der Waals surface area contributed by atoms with Crippen LogP contribution in [0.25, 0.3) is 0 Å². The molecule has 0 fully saturated rings. The molecule has 0 N–H and O–H groups in total. The molecule has 0 unspecified atom stereocenters. The molecule has 0 aromatic heterocycles. The van der Waals surface area contributed by atoms with Gasteiger partial charge in [-0.15, -0.1) is 17.0 Å². The third-order valence-corrected chi connectivity index (χ3v) is 4.19. The van der Waals surface area contributed by atoms with Crippen LogP contribution in [-0.2, 0) is 0 Å². The van der Waals surface area contributed by atoms with Gasteiger partial charge in [0.05, 0.1) is 11.4 Å². The molecule has 0 amide bonds. The van der Waals surface area contributed by atoms with E-state index in [2.05, 4.69) is 9.89 Å². The molecule has 18 heavy (non-hydrogen) atoms. The van der Waals surface area contributed by atoms with E-state index in [9.17, 15) is 4.79 Å². The summed E-state index contributed by atoms with van der Waals surface area (Å²) in [6.07, 6.45) is 0. The van der Waals surface area contributed by atoms with Gasteiger partial charge in [0.1, 0.15) is 0 Å². The Labute approximate surface area is 121 Å². The monoisotopic (exact) mass is 324 g/mol. The van der Waals surface area contributed by atoms with Crippen LogP contribution in [0.3, 0.4) is 0 Å². The second-order valence-corrected chi connectivity index (χ2v) is 5.01. The Morgan fingerprint density at radius 1 is 1.33 bits per heavy atom. The summed E-state index contributed by atoms with van der Waals surface area (Å²) in [5.41, 5.74) is 1.79. The Balaban J connectivity index is 0.00000120. The first-order valence-corrected chi connectivity index (χ1v) is 6.39. The molecule has 5 heteroatoms. The number of thioether (sulfide) groups is 1. The lowest BCUT2D eigenvalue weighted by atomic mass is 10.1. The van der Waals surface area contributed by atoms with Gasteiger partial charge in [-0.05, 0) is 18.7 Å². The van der Waals surface area contributed by atoms with Crippen molar-refractivity contribution < 1.29 is 4.79 Å². The van der Waals surface area contributed by atoms with Crippen molar-refractivity contribution in [1.29, 1.82) is 0 Å². The van der Waals surface area contributed by atoms with Gasteiger partial charge in [0.25, 0.3) is 0 Å². The standard InChI is InChI=1S/C13H12N2OS.BrH/c1-9-12(17-13-14-7-8-15(9)13)11(16)10-5-3-2-4-6-10;/h2-6H,7-8H2,1H3;1H. The lowest BCUT2D eigenvalue weighted by Gasteiger charge is -2.11. The van der Waals surface area contributed by atoms with Gasteiger partial charge in [-0.1, -0.05) is 30.3 Å². The zero-order valence-corrected chi connectivity index (χ0v) is 12.4. The minimum absolute atomic E-state index is 0. The van der Waals surface area contributed by atoms with E-state index in [1.807, 2.05) is 37.3 Å². The Morgan fingerprint density at radius 2 is 2.06 bits per heavy atom. The number of benzene rings is 1. The molecule has 0 saturated heterocycles. The van der Waals surface area contributed by atoms with Gasteiger partial charge in [0.15, 0.2) is 5.17 Å². The van der Waals surface area contributed by atoms with Crippen LogP contribution < -0.4 is 0 Å². The number of aliphatic imine (C=N–C) groups is 1. The number of carbonyl (C=O) groups is 1. The number of allylic oxidation sites excluding steroid dienone is 2. The van der Waals surface area contributed by atoms with Crippen LogP contribution in [-0.4, -0.2) is 28.9 Å². The van der Waals surface area contributed by atoms with Gasteiger partial charge >= 0.3 is 0 Å². The maximum absolute atomic E-state index is 12.3. The largest absolute Gasteiger partial charge is 0.322 e. The van der Waals surface area contributed by atoms with E-state index in [1.54, 1.807) is 0 Å². The van der Waals surface area contributed by atoms with Crippen LogP contribution in [0.5, 0.6) is 0 Å². The fraction of sp³-hybridized carbons (Fsp3) is 0.231. The molecule has 3 nitrogen and oxygen atoms in total. The highest BCUT2D eigenvalue weighted by atomic mass is 79.9. The molecule has 2 heterocycles. The van der Waals surface area contributed by atoms with E-state index in [1.165, 1.54) is 11.8 Å². The number of ketones is 1. The third kappa shape index (κ3) is 2.12. The van der Waals surface area contributed by atoms with Crippen molar-refractivity contribution in [2.45, 2.75) is 6.92 Å². The minimum atomic E-state index is 0. The molecular weight excluding hydrogens is 312 g/mol. The molecule has 1 aromatic rings. The number of halogens is 1. The van der Waals surface area contributed by atoms with Crippen molar-refractivity contribution in [3.8, 4) is 0 Å². The molecule has 0 radical (unpaired) electrons. The van der Waals surface area contributed by atoms with Crippen LogP contribution >= 0.6 is 28.7 Å². The maximum atomic E-state index is 12.3. The molecular formula is C13H13BrN2OS. The maximum Gasteiger partial charge on any atom is 0.201 e. The predicted molar refractivity (Wildman–Crippen MR) is 80.4 cm³/mol. The summed E-state index contributed by atoms with van der Waals surface area (Å²) in [4.78, 5) is 19.7. The van der Waals surface area contributed by atoms with Crippen LogP contribution in [0, 0.1) is 0 Å². The Morgan fingerprint density at radius 3 is 2.72 bits per heavy atom. The SMILES string of the molecule is Br.CC1=C(C(=O)c2ccccc2)SC2=NCCN21. The van der Waals surface area contributed by atoms with E-state index >= 15 is 0 Å². The van der Waals surface area contributed by atoms with Gasteiger partial charge in [0.2, 0.25) is 5.78 Å². The Bertz CT molecular complexity index is 539. The first-order valence-electron chi connectivity index (χ1n) is 5.58. The van der Waals surface area contributed by atoms with Gasteiger partial charge < -0.3 is 4.90 Å². The summed E-state index contributed by atoms with van der Waals surface area (Å²) in [6, 6.07) is 9.41. The second-order valence-electron chi connectivity index (χ2n) is 4.03. The molecule has 0 bridgehead atoms. The van der Waals surface area contributed by atoms with Gasteiger partial charge in [-0.2, -0.15) is 0 Å². The van der Waals surface area contributed by atoms with Crippen LogP contribution in [0.15, 0.2) is 45.9 Å². The number of hydrogen-bond donors (Lipinski definition) is 0. The van der Waals surface area contributed by atoms with Crippen LogP contribution in [0.1, 0.15) is 17.3 Å². The van der Waals surface area contributed by atoms with E-state index in [4.69, 9.17) is 0 Å². The molecule has 2 aliphatic rings. The topological polar surface area (TPSA) is 32.7 Å². The first-order chi connectivity index (χ1) is 8.27. The fourth-order valence-corrected chi connectivity index (χ4v) is 3.19. The number of nitrogens with zero attached hydrogens (tertiary/aromatic N) is 2. The zero-order valence-electron chi connectivity index (χ0n) is 9.92.